The van der Waals surface area contributed by atoms with Gasteiger partial charge in [-0.3, -0.25) is 0 Å². The average Bonchev–Trinajstić information content (AvgIpc) is 2.39. The van der Waals surface area contributed by atoms with Crippen LogP contribution in [0.25, 0.3) is 0 Å². The van der Waals surface area contributed by atoms with Crippen LogP contribution >= 0.6 is 0 Å². The smallest absolute Gasteiger partial charge is 0.326 e. The van der Waals surface area contributed by atoms with Crippen LogP contribution in [-0.4, -0.2) is 49.1 Å². The number of carboxylic acid groups (broad SMARTS) is 1. The van der Waals surface area contributed by atoms with E-state index in [0.717, 1.165) is 25.5 Å². The van der Waals surface area contributed by atoms with E-state index in [0.29, 0.717) is 0 Å². The molecule has 0 radical (unpaired) electrons. The topological polar surface area (TPSA) is 113 Å². The number of carboxylic acids is 1. The molecule has 3 N–H and O–H groups in total. The summed E-state index contributed by atoms with van der Waals surface area (Å²) in [6.07, 6.45) is 3.07. The molecule has 0 aromatic heterocycles. The largest absolute Gasteiger partial charge is 0.480 e. The minimum Gasteiger partial charge on any atom is -0.480 e. The first-order chi connectivity index (χ1) is 9.59. The lowest BCUT2D eigenvalue weighted by molar-refractivity contribution is -0.139. The first-order valence-electron chi connectivity index (χ1n) is 7.08. The van der Waals surface area contributed by atoms with Gasteiger partial charge in [0.2, 0.25) is 0 Å². The molecule has 0 saturated heterocycles. The molecule has 2 amide bonds. The summed E-state index contributed by atoms with van der Waals surface area (Å²) in [4.78, 5) is 23.0. The highest BCUT2D eigenvalue weighted by Crippen LogP contribution is 2.18. The Bertz CT molecular complexity index is 449. The van der Waals surface area contributed by atoms with Crippen LogP contribution in [0.2, 0.25) is 0 Å². The van der Waals surface area contributed by atoms with E-state index in [1.807, 2.05) is 20.8 Å². The number of rotatable bonds is 9. The number of nitrogens with one attached hydrogen (secondary N) is 2. The third-order valence-electron chi connectivity index (χ3n) is 3.79. The molecule has 1 unspecified atom stereocenters. The van der Waals surface area contributed by atoms with Gasteiger partial charge < -0.3 is 15.7 Å². The van der Waals surface area contributed by atoms with E-state index in [2.05, 4.69) is 10.6 Å². The van der Waals surface area contributed by atoms with E-state index in [4.69, 9.17) is 5.11 Å². The second kappa shape index (κ2) is 8.21. The number of amides is 2. The van der Waals surface area contributed by atoms with Gasteiger partial charge in [-0.1, -0.05) is 20.8 Å². The van der Waals surface area contributed by atoms with Crippen molar-refractivity contribution >= 4 is 21.8 Å². The molecule has 7 nitrogen and oxygen atoms in total. The molecule has 0 aromatic rings. The van der Waals surface area contributed by atoms with Crippen molar-refractivity contribution in [2.45, 2.75) is 58.0 Å². The first kappa shape index (κ1) is 19.7. The molecule has 0 fully saturated rings. The van der Waals surface area contributed by atoms with Crippen LogP contribution in [0.15, 0.2) is 0 Å². The number of urea groups is 1. The van der Waals surface area contributed by atoms with Crippen LogP contribution in [0.3, 0.4) is 0 Å². The van der Waals surface area contributed by atoms with Gasteiger partial charge in [0.1, 0.15) is 15.9 Å². The molecule has 0 aromatic carbocycles. The third kappa shape index (κ3) is 7.31. The monoisotopic (exact) mass is 322 g/mol. The summed E-state index contributed by atoms with van der Waals surface area (Å²) in [6, 6.07) is -1.80. The van der Waals surface area contributed by atoms with Crippen LogP contribution in [0.5, 0.6) is 0 Å². The predicted octanol–water partition coefficient (Wildman–Crippen LogP) is 1.14. The van der Waals surface area contributed by atoms with Gasteiger partial charge in [0.25, 0.3) is 0 Å². The molecule has 0 aliphatic rings. The quantitative estimate of drug-likeness (QED) is 0.589. The van der Waals surface area contributed by atoms with E-state index < -0.39 is 27.9 Å². The highest BCUT2D eigenvalue weighted by Gasteiger charge is 2.28. The van der Waals surface area contributed by atoms with E-state index in [1.54, 1.807) is 0 Å². The molecule has 124 valence electrons. The van der Waals surface area contributed by atoms with Gasteiger partial charge >= 0.3 is 12.0 Å². The minimum atomic E-state index is -3.27. The van der Waals surface area contributed by atoms with Crippen molar-refractivity contribution in [1.82, 2.24) is 10.6 Å². The highest BCUT2D eigenvalue weighted by molar-refractivity contribution is 7.90. The van der Waals surface area contributed by atoms with E-state index in [-0.39, 0.29) is 17.7 Å². The van der Waals surface area contributed by atoms with E-state index in [1.165, 1.54) is 0 Å². The number of carbonyl (C=O) groups excluding carboxylic acids is 1. The molecule has 1 atom stereocenters. The van der Waals surface area contributed by atoms with Gasteiger partial charge in [-0.05, 0) is 25.7 Å². The lowest BCUT2D eigenvalue weighted by Crippen LogP contribution is -2.54. The van der Waals surface area contributed by atoms with Crippen LogP contribution in [0.4, 0.5) is 4.79 Å². The van der Waals surface area contributed by atoms with Crippen molar-refractivity contribution < 1.29 is 23.1 Å². The molecule has 0 heterocycles. The number of aliphatic carboxylic acids is 1. The van der Waals surface area contributed by atoms with E-state index in [9.17, 15) is 18.0 Å². The first-order valence-corrected chi connectivity index (χ1v) is 9.14. The molecule has 8 heteroatoms. The second-order valence-corrected chi connectivity index (χ2v) is 7.51. The molecule has 0 spiro atoms. The Balaban J connectivity index is 4.72. The fraction of sp³-hybridized carbons (Fsp3) is 0.846. The second-order valence-electron chi connectivity index (χ2n) is 5.25. The summed E-state index contributed by atoms with van der Waals surface area (Å²) in [5, 5.41) is 14.2. The maximum absolute atomic E-state index is 11.9. The van der Waals surface area contributed by atoms with Gasteiger partial charge in [0.05, 0.1) is 5.75 Å². The standard InChI is InChI=1S/C13H26N2O5S/c1-5-13(6-2,7-3)15-12(18)14-10(11(16)17)8-9-21(4,19)20/h10H,5-9H2,1-4H3,(H,16,17)(H2,14,15,18). The Labute approximate surface area is 126 Å². The van der Waals surface area contributed by atoms with Gasteiger partial charge in [-0.15, -0.1) is 0 Å². The van der Waals surface area contributed by atoms with Crippen LogP contribution < -0.4 is 10.6 Å². The predicted molar refractivity (Wildman–Crippen MR) is 81.0 cm³/mol. The number of sulfone groups is 1. The van der Waals surface area contributed by atoms with Gasteiger partial charge in [0, 0.05) is 11.8 Å². The Hall–Kier alpha value is -1.31. The average molecular weight is 322 g/mol. The van der Waals surface area contributed by atoms with Crippen LogP contribution in [0, 0.1) is 0 Å². The van der Waals surface area contributed by atoms with Gasteiger partial charge in [0.15, 0.2) is 0 Å². The van der Waals surface area contributed by atoms with Crippen molar-refractivity contribution in [3.63, 3.8) is 0 Å². The summed E-state index contributed by atoms with van der Waals surface area (Å²) in [5.74, 6) is -1.53. The Kier molecular flexibility index (Phi) is 7.70. The Morgan fingerprint density at radius 3 is 1.95 bits per heavy atom. The number of carbonyl (C=O) groups is 2. The zero-order valence-corrected chi connectivity index (χ0v) is 13.9. The van der Waals surface area contributed by atoms with Crippen molar-refractivity contribution in [2.75, 3.05) is 12.0 Å². The maximum atomic E-state index is 11.9. The molecule has 21 heavy (non-hydrogen) atoms. The minimum absolute atomic E-state index is 0.154. The molecular formula is C13H26N2O5S. The molecule has 0 bridgehead atoms. The molecule has 0 aliphatic carbocycles. The van der Waals surface area contributed by atoms with Crippen molar-refractivity contribution in [1.29, 1.82) is 0 Å². The van der Waals surface area contributed by atoms with Crippen LogP contribution in [-0.2, 0) is 14.6 Å². The fourth-order valence-electron chi connectivity index (χ4n) is 2.04. The number of hydrogen-bond acceptors (Lipinski definition) is 4. The molecule has 0 aliphatic heterocycles. The van der Waals surface area contributed by atoms with Crippen LogP contribution in [0.1, 0.15) is 46.5 Å². The molecule has 0 rings (SSSR count). The SMILES string of the molecule is CCC(CC)(CC)NC(=O)NC(CCS(C)(=O)=O)C(=O)O. The summed E-state index contributed by atoms with van der Waals surface area (Å²) in [7, 11) is -3.27. The fourth-order valence-corrected chi connectivity index (χ4v) is 2.70. The Morgan fingerprint density at radius 2 is 1.62 bits per heavy atom. The zero-order valence-electron chi connectivity index (χ0n) is 13.1. The zero-order chi connectivity index (χ0) is 16.7. The van der Waals surface area contributed by atoms with Crippen molar-refractivity contribution in [3.05, 3.63) is 0 Å². The maximum Gasteiger partial charge on any atom is 0.326 e. The highest BCUT2D eigenvalue weighted by atomic mass is 32.2. The summed E-state index contributed by atoms with van der Waals surface area (Å²) in [6.45, 7) is 5.85. The number of hydrogen-bond donors (Lipinski definition) is 3. The summed E-state index contributed by atoms with van der Waals surface area (Å²) >= 11 is 0. The summed E-state index contributed by atoms with van der Waals surface area (Å²) in [5.41, 5.74) is -0.371. The van der Waals surface area contributed by atoms with E-state index >= 15 is 0 Å². The summed E-state index contributed by atoms with van der Waals surface area (Å²) < 4.78 is 22.2. The molecular weight excluding hydrogens is 296 g/mol. The van der Waals surface area contributed by atoms with Crippen molar-refractivity contribution in [2.24, 2.45) is 0 Å². The van der Waals surface area contributed by atoms with Gasteiger partial charge in [-0.25, -0.2) is 18.0 Å². The normalized spacial score (nSPS) is 13.5. The molecule has 0 saturated carbocycles. The van der Waals surface area contributed by atoms with Gasteiger partial charge in [-0.2, -0.15) is 0 Å². The lowest BCUT2D eigenvalue weighted by atomic mass is 9.90. The third-order valence-corrected chi connectivity index (χ3v) is 4.77. The lowest BCUT2D eigenvalue weighted by Gasteiger charge is -2.32. The Morgan fingerprint density at radius 1 is 1.14 bits per heavy atom. The van der Waals surface area contributed by atoms with Crippen molar-refractivity contribution in [3.8, 4) is 0 Å².